The third kappa shape index (κ3) is 1.97. The number of hydrogen-bond acceptors (Lipinski definition) is 3. The van der Waals surface area contributed by atoms with E-state index in [0.717, 1.165) is 17.5 Å². The first-order chi connectivity index (χ1) is 6.83. The molecule has 3 heteroatoms. The molecule has 1 fully saturated rings. The second kappa shape index (κ2) is 3.86. The lowest BCUT2D eigenvalue weighted by Gasteiger charge is -2.04. The van der Waals surface area contributed by atoms with Crippen molar-refractivity contribution in [2.45, 2.75) is 25.8 Å². The quantitative estimate of drug-likeness (QED) is 0.794. The summed E-state index contributed by atoms with van der Waals surface area (Å²) in [5.41, 5.74) is 0. The summed E-state index contributed by atoms with van der Waals surface area (Å²) in [6, 6.07) is 4.53. The van der Waals surface area contributed by atoms with Crippen LogP contribution in [0.3, 0.4) is 0 Å². The van der Waals surface area contributed by atoms with E-state index in [2.05, 4.69) is 17.2 Å². The first-order valence-corrected chi connectivity index (χ1v) is 5.10. The molecule has 0 saturated heterocycles. The maximum Gasteiger partial charge on any atom is 0.137 e. The molecule has 1 aliphatic carbocycles. The number of ether oxygens (including phenoxy) is 1. The highest BCUT2D eigenvalue weighted by molar-refractivity contribution is 5.40. The van der Waals surface area contributed by atoms with Gasteiger partial charge < -0.3 is 10.1 Å². The highest BCUT2D eigenvalue weighted by Gasteiger charge is 2.35. The Morgan fingerprint density at radius 1 is 1.57 bits per heavy atom. The van der Waals surface area contributed by atoms with Gasteiger partial charge in [-0.15, -0.1) is 0 Å². The molecule has 0 aromatic carbocycles. The molecule has 0 radical (unpaired) electrons. The fraction of sp³-hybridized carbons (Fsp3) is 0.545. The summed E-state index contributed by atoms with van der Waals surface area (Å²) in [5.74, 6) is 2.60. The molecule has 1 N–H and O–H groups in total. The SMILES string of the molecule is CCC1CC1Nc1ccc(OC)cn1. The van der Waals surface area contributed by atoms with Crippen molar-refractivity contribution in [3.63, 3.8) is 0 Å². The highest BCUT2D eigenvalue weighted by Crippen LogP contribution is 2.35. The van der Waals surface area contributed by atoms with Crippen LogP contribution in [0.25, 0.3) is 0 Å². The normalized spacial score (nSPS) is 24.4. The maximum absolute atomic E-state index is 5.04. The van der Waals surface area contributed by atoms with Crippen molar-refractivity contribution in [3.05, 3.63) is 18.3 Å². The Balaban J connectivity index is 1.91. The molecule has 1 aromatic rings. The van der Waals surface area contributed by atoms with Gasteiger partial charge in [0.05, 0.1) is 13.3 Å². The minimum atomic E-state index is 0.640. The molecule has 76 valence electrons. The van der Waals surface area contributed by atoms with E-state index in [-0.39, 0.29) is 0 Å². The summed E-state index contributed by atoms with van der Waals surface area (Å²) in [5, 5.41) is 3.40. The molecular weight excluding hydrogens is 176 g/mol. The second-order valence-corrected chi connectivity index (χ2v) is 3.74. The topological polar surface area (TPSA) is 34.1 Å². The van der Waals surface area contributed by atoms with E-state index < -0.39 is 0 Å². The Hall–Kier alpha value is -1.25. The van der Waals surface area contributed by atoms with Gasteiger partial charge in [-0.1, -0.05) is 13.3 Å². The Morgan fingerprint density at radius 3 is 2.93 bits per heavy atom. The molecule has 0 bridgehead atoms. The molecule has 1 aromatic heterocycles. The maximum atomic E-state index is 5.04. The first-order valence-electron chi connectivity index (χ1n) is 5.10. The molecule has 0 amide bonds. The van der Waals surface area contributed by atoms with Crippen molar-refractivity contribution < 1.29 is 4.74 Å². The summed E-state index contributed by atoms with van der Waals surface area (Å²) >= 11 is 0. The smallest absolute Gasteiger partial charge is 0.137 e. The number of nitrogens with zero attached hydrogens (tertiary/aromatic N) is 1. The van der Waals surface area contributed by atoms with Crippen LogP contribution >= 0.6 is 0 Å². The molecule has 0 spiro atoms. The zero-order chi connectivity index (χ0) is 9.97. The Morgan fingerprint density at radius 2 is 2.43 bits per heavy atom. The molecule has 2 atom stereocenters. The van der Waals surface area contributed by atoms with E-state index in [1.54, 1.807) is 13.3 Å². The summed E-state index contributed by atoms with van der Waals surface area (Å²) in [7, 11) is 1.65. The Kier molecular flexibility index (Phi) is 2.57. The van der Waals surface area contributed by atoms with Gasteiger partial charge in [0.1, 0.15) is 11.6 Å². The van der Waals surface area contributed by atoms with Crippen molar-refractivity contribution in [1.29, 1.82) is 0 Å². The van der Waals surface area contributed by atoms with Crippen LogP contribution in [0.5, 0.6) is 5.75 Å². The van der Waals surface area contributed by atoms with E-state index in [0.29, 0.717) is 6.04 Å². The lowest BCUT2D eigenvalue weighted by molar-refractivity contribution is 0.413. The van der Waals surface area contributed by atoms with Gasteiger partial charge in [0.25, 0.3) is 0 Å². The second-order valence-electron chi connectivity index (χ2n) is 3.74. The fourth-order valence-corrected chi connectivity index (χ4v) is 1.65. The molecule has 2 rings (SSSR count). The largest absolute Gasteiger partial charge is 0.495 e. The average Bonchev–Trinajstić information content (AvgIpc) is 2.98. The van der Waals surface area contributed by atoms with Crippen LogP contribution in [0.4, 0.5) is 5.82 Å². The van der Waals surface area contributed by atoms with Crippen LogP contribution in [-0.4, -0.2) is 18.1 Å². The number of hydrogen-bond donors (Lipinski definition) is 1. The third-order valence-electron chi connectivity index (χ3n) is 2.75. The number of methoxy groups -OCH3 is 1. The third-order valence-corrected chi connectivity index (χ3v) is 2.75. The van der Waals surface area contributed by atoms with Gasteiger partial charge in [-0.25, -0.2) is 4.98 Å². The van der Waals surface area contributed by atoms with E-state index in [9.17, 15) is 0 Å². The number of aromatic nitrogens is 1. The fourth-order valence-electron chi connectivity index (χ4n) is 1.65. The van der Waals surface area contributed by atoms with Gasteiger partial charge >= 0.3 is 0 Å². The van der Waals surface area contributed by atoms with Crippen LogP contribution in [0.2, 0.25) is 0 Å². The van der Waals surface area contributed by atoms with Crippen LogP contribution < -0.4 is 10.1 Å². The van der Waals surface area contributed by atoms with Crippen molar-refractivity contribution >= 4 is 5.82 Å². The Labute approximate surface area is 84.5 Å². The van der Waals surface area contributed by atoms with Crippen LogP contribution in [0, 0.1) is 5.92 Å². The Bertz CT molecular complexity index is 297. The predicted molar refractivity (Wildman–Crippen MR) is 56.6 cm³/mol. The van der Waals surface area contributed by atoms with Crippen LogP contribution in [0.15, 0.2) is 18.3 Å². The van der Waals surface area contributed by atoms with Crippen LogP contribution in [-0.2, 0) is 0 Å². The molecule has 1 heterocycles. The molecule has 0 aliphatic heterocycles. The van der Waals surface area contributed by atoms with Gasteiger partial charge in [0.2, 0.25) is 0 Å². The van der Waals surface area contributed by atoms with E-state index in [1.807, 2.05) is 12.1 Å². The average molecular weight is 192 g/mol. The number of nitrogens with one attached hydrogen (secondary N) is 1. The van der Waals surface area contributed by atoms with E-state index in [4.69, 9.17) is 4.74 Å². The monoisotopic (exact) mass is 192 g/mol. The highest BCUT2D eigenvalue weighted by atomic mass is 16.5. The molecule has 14 heavy (non-hydrogen) atoms. The van der Waals surface area contributed by atoms with E-state index in [1.165, 1.54) is 12.8 Å². The summed E-state index contributed by atoms with van der Waals surface area (Å²) in [4.78, 5) is 4.26. The lowest BCUT2D eigenvalue weighted by Crippen LogP contribution is -2.05. The molecule has 2 unspecified atom stereocenters. The van der Waals surface area contributed by atoms with Gasteiger partial charge in [-0.05, 0) is 24.5 Å². The van der Waals surface area contributed by atoms with Crippen molar-refractivity contribution in [3.8, 4) is 5.75 Å². The minimum Gasteiger partial charge on any atom is -0.495 e. The lowest BCUT2D eigenvalue weighted by atomic mass is 10.3. The zero-order valence-electron chi connectivity index (χ0n) is 8.66. The number of anilines is 1. The van der Waals surface area contributed by atoms with Gasteiger partial charge in [-0.2, -0.15) is 0 Å². The van der Waals surface area contributed by atoms with Gasteiger partial charge in [-0.3, -0.25) is 0 Å². The van der Waals surface area contributed by atoms with Crippen LogP contribution in [0.1, 0.15) is 19.8 Å². The van der Waals surface area contributed by atoms with Crippen molar-refractivity contribution in [1.82, 2.24) is 4.98 Å². The number of rotatable bonds is 4. The summed E-state index contributed by atoms with van der Waals surface area (Å²) < 4.78 is 5.04. The summed E-state index contributed by atoms with van der Waals surface area (Å²) in [6.07, 6.45) is 4.28. The van der Waals surface area contributed by atoms with Gasteiger partial charge in [0.15, 0.2) is 0 Å². The molecule has 3 nitrogen and oxygen atoms in total. The van der Waals surface area contributed by atoms with Gasteiger partial charge in [0, 0.05) is 6.04 Å². The number of pyridine rings is 1. The molecular formula is C11H16N2O. The van der Waals surface area contributed by atoms with E-state index >= 15 is 0 Å². The minimum absolute atomic E-state index is 0.640. The van der Waals surface area contributed by atoms with Crippen molar-refractivity contribution in [2.75, 3.05) is 12.4 Å². The first kappa shape index (κ1) is 9.31. The summed E-state index contributed by atoms with van der Waals surface area (Å²) in [6.45, 7) is 2.23. The molecule has 1 saturated carbocycles. The standard InChI is InChI=1S/C11H16N2O/c1-3-8-6-10(8)13-11-5-4-9(14-2)7-12-11/h4-5,7-8,10H,3,6H2,1-2H3,(H,12,13). The molecule has 1 aliphatic rings. The predicted octanol–water partition coefficient (Wildman–Crippen LogP) is 2.30. The zero-order valence-corrected chi connectivity index (χ0v) is 8.66. The van der Waals surface area contributed by atoms with Crippen molar-refractivity contribution in [2.24, 2.45) is 5.92 Å².